The summed E-state index contributed by atoms with van der Waals surface area (Å²) in [5.41, 5.74) is 1.53. The van der Waals surface area contributed by atoms with E-state index in [9.17, 15) is 0 Å². The second kappa shape index (κ2) is 5.41. The molecule has 102 valence electrons. The second-order valence-electron chi connectivity index (χ2n) is 5.73. The molecule has 1 aromatic heterocycles. The third-order valence-electron chi connectivity index (χ3n) is 4.49. The van der Waals surface area contributed by atoms with E-state index in [-0.39, 0.29) is 5.54 Å². The number of likely N-dealkylation sites (N-methyl/N-ethyl adjacent to an activating group) is 2. The molecule has 1 heterocycles. The predicted octanol–water partition coefficient (Wildman–Crippen LogP) is 1.95. The van der Waals surface area contributed by atoms with E-state index in [0.717, 1.165) is 0 Å². The average molecular weight is 250 g/mol. The highest BCUT2D eigenvalue weighted by molar-refractivity contribution is 5.18. The monoisotopic (exact) mass is 250 g/mol. The summed E-state index contributed by atoms with van der Waals surface area (Å²) in [5.74, 6) is 0. The van der Waals surface area contributed by atoms with Gasteiger partial charge in [-0.3, -0.25) is 4.68 Å². The molecule has 1 saturated carbocycles. The normalized spacial score (nSPS) is 21.2. The minimum absolute atomic E-state index is 0.232. The Balaban J connectivity index is 2.32. The van der Waals surface area contributed by atoms with Crippen molar-refractivity contribution in [1.29, 1.82) is 0 Å². The summed E-state index contributed by atoms with van der Waals surface area (Å²) in [7, 11) is 8.48. The third kappa shape index (κ3) is 2.31. The number of hydrogen-bond donors (Lipinski definition) is 1. The molecule has 4 nitrogen and oxygen atoms in total. The van der Waals surface area contributed by atoms with Gasteiger partial charge in [0.15, 0.2) is 0 Å². The highest BCUT2D eigenvalue weighted by atomic mass is 15.2. The van der Waals surface area contributed by atoms with Crippen molar-refractivity contribution in [2.45, 2.75) is 43.7 Å². The fourth-order valence-electron chi connectivity index (χ4n) is 3.49. The van der Waals surface area contributed by atoms with Gasteiger partial charge in [-0.15, -0.1) is 0 Å². The van der Waals surface area contributed by atoms with Crippen LogP contribution in [0.15, 0.2) is 12.4 Å². The smallest absolute Gasteiger partial charge is 0.0538 e. The molecule has 18 heavy (non-hydrogen) atoms. The molecule has 0 amide bonds. The van der Waals surface area contributed by atoms with Crippen LogP contribution in [-0.2, 0) is 7.05 Å². The zero-order valence-electron chi connectivity index (χ0n) is 12.1. The molecular weight excluding hydrogens is 224 g/mol. The van der Waals surface area contributed by atoms with Gasteiger partial charge in [-0.05, 0) is 34.0 Å². The van der Waals surface area contributed by atoms with Crippen molar-refractivity contribution >= 4 is 0 Å². The van der Waals surface area contributed by atoms with Crippen LogP contribution >= 0.6 is 0 Å². The molecule has 0 radical (unpaired) electrons. The maximum absolute atomic E-state index is 4.33. The summed E-state index contributed by atoms with van der Waals surface area (Å²) in [6.45, 7) is 0. The first-order valence-electron chi connectivity index (χ1n) is 6.93. The first-order valence-corrected chi connectivity index (χ1v) is 6.93. The molecule has 0 saturated heterocycles. The van der Waals surface area contributed by atoms with Gasteiger partial charge in [0.1, 0.15) is 0 Å². The molecule has 1 fully saturated rings. The van der Waals surface area contributed by atoms with Crippen molar-refractivity contribution in [2.24, 2.45) is 7.05 Å². The molecular formula is C14H26N4. The SMILES string of the molecule is CNC(c1cnn(C)c1)C1(N(C)C)CCCCC1. The van der Waals surface area contributed by atoms with E-state index in [1.807, 2.05) is 17.9 Å². The number of aromatic nitrogens is 2. The van der Waals surface area contributed by atoms with Crippen LogP contribution in [0.5, 0.6) is 0 Å². The molecule has 1 atom stereocenters. The van der Waals surface area contributed by atoms with Crippen molar-refractivity contribution < 1.29 is 0 Å². The van der Waals surface area contributed by atoms with Gasteiger partial charge in [0.25, 0.3) is 0 Å². The molecule has 4 heteroatoms. The molecule has 1 unspecified atom stereocenters. The van der Waals surface area contributed by atoms with Gasteiger partial charge in [0, 0.05) is 24.3 Å². The molecule has 0 bridgehead atoms. The lowest BCUT2D eigenvalue weighted by molar-refractivity contribution is 0.0594. The zero-order chi connectivity index (χ0) is 13.2. The number of hydrogen-bond acceptors (Lipinski definition) is 3. The minimum Gasteiger partial charge on any atom is -0.311 e. The number of rotatable bonds is 4. The van der Waals surface area contributed by atoms with Gasteiger partial charge in [-0.1, -0.05) is 19.3 Å². The Bertz CT molecular complexity index is 377. The molecule has 2 rings (SSSR count). The first-order chi connectivity index (χ1) is 8.60. The lowest BCUT2D eigenvalue weighted by atomic mass is 9.73. The fourth-order valence-corrected chi connectivity index (χ4v) is 3.49. The molecule has 0 spiro atoms. The van der Waals surface area contributed by atoms with E-state index in [1.165, 1.54) is 37.7 Å². The van der Waals surface area contributed by atoms with E-state index in [4.69, 9.17) is 0 Å². The highest BCUT2D eigenvalue weighted by Gasteiger charge is 2.42. The van der Waals surface area contributed by atoms with Crippen molar-refractivity contribution in [3.05, 3.63) is 18.0 Å². The number of nitrogens with zero attached hydrogens (tertiary/aromatic N) is 3. The van der Waals surface area contributed by atoms with Crippen LogP contribution in [0.3, 0.4) is 0 Å². The standard InChI is InChI=1S/C14H26N4/c1-15-13(12-10-16-18(4)11-12)14(17(2)3)8-6-5-7-9-14/h10-11,13,15H,5-9H2,1-4H3. The zero-order valence-corrected chi connectivity index (χ0v) is 12.1. The van der Waals surface area contributed by atoms with Gasteiger partial charge in [0.2, 0.25) is 0 Å². The topological polar surface area (TPSA) is 33.1 Å². The lowest BCUT2D eigenvalue weighted by Gasteiger charge is -2.48. The van der Waals surface area contributed by atoms with E-state index in [0.29, 0.717) is 6.04 Å². The van der Waals surface area contributed by atoms with Gasteiger partial charge >= 0.3 is 0 Å². The van der Waals surface area contributed by atoms with Gasteiger partial charge < -0.3 is 10.2 Å². The third-order valence-corrected chi connectivity index (χ3v) is 4.49. The summed E-state index contributed by atoms with van der Waals surface area (Å²) in [6, 6.07) is 0.363. The second-order valence-corrected chi connectivity index (χ2v) is 5.73. The quantitative estimate of drug-likeness (QED) is 0.886. The van der Waals surface area contributed by atoms with E-state index < -0.39 is 0 Å². The fraction of sp³-hybridized carbons (Fsp3) is 0.786. The Morgan fingerprint density at radius 2 is 2.00 bits per heavy atom. The van der Waals surface area contributed by atoms with Crippen molar-refractivity contribution in [3.63, 3.8) is 0 Å². The van der Waals surface area contributed by atoms with Crippen LogP contribution in [0.4, 0.5) is 0 Å². The maximum Gasteiger partial charge on any atom is 0.0538 e. The Hall–Kier alpha value is -0.870. The molecule has 1 aliphatic rings. The Morgan fingerprint density at radius 3 is 2.44 bits per heavy atom. The molecule has 1 aromatic rings. The highest BCUT2D eigenvalue weighted by Crippen LogP contribution is 2.41. The van der Waals surface area contributed by atoms with Gasteiger partial charge in [0.05, 0.1) is 12.2 Å². The molecule has 1 aliphatic carbocycles. The van der Waals surface area contributed by atoms with Crippen LogP contribution in [0.2, 0.25) is 0 Å². The summed E-state index contributed by atoms with van der Waals surface area (Å²) in [4.78, 5) is 2.42. The number of aryl methyl sites for hydroxylation is 1. The molecule has 0 aromatic carbocycles. The summed E-state index contributed by atoms with van der Waals surface area (Å²) < 4.78 is 1.89. The molecule has 0 aliphatic heterocycles. The Kier molecular flexibility index (Phi) is 4.07. The molecule has 1 N–H and O–H groups in total. The summed E-state index contributed by atoms with van der Waals surface area (Å²) in [5, 5.41) is 7.86. The summed E-state index contributed by atoms with van der Waals surface area (Å²) >= 11 is 0. The van der Waals surface area contributed by atoms with Crippen molar-refractivity contribution in [3.8, 4) is 0 Å². The van der Waals surface area contributed by atoms with Gasteiger partial charge in [-0.2, -0.15) is 5.10 Å². The van der Waals surface area contributed by atoms with Crippen LogP contribution in [0.1, 0.15) is 43.7 Å². The minimum atomic E-state index is 0.232. The van der Waals surface area contributed by atoms with E-state index >= 15 is 0 Å². The van der Waals surface area contributed by atoms with Crippen LogP contribution < -0.4 is 5.32 Å². The van der Waals surface area contributed by atoms with Crippen LogP contribution in [0.25, 0.3) is 0 Å². The Labute approximate surface area is 110 Å². The summed E-state index contributed by atoms with van der Waals surface area (Å²) in [6.07, 6.45) is 10.7. The van der Waals surface area contributed by atoms with Crippen molar-refractivity contribution in [1.82, 2.24) is 20.0 Å². The average Bonchev–Trinajstić information content (AvgIpc) is 2.77. The Morgan fingerprint density at radius 1 is 1.33 bits per heavy atom. The largest absolute Gasteiger partial charge is 0.311 e. The van der Waals surface area contributed by atoms with Crippen LogP contribution in [-0.4, -0.2) is 41.4 Å². The lowest BCUT2D eigenvalue weighted by Crippen LogP contribution is -2.54. The predicted molar refractivity (Wildman–Crippen MR) is 74.5 cm³/mol. The van der Waals surface area contributed by atoms with E-state index in [1.54, 1.807) is 0 Å². The first kappa shape index (κ1) is 13.6. The van der Waals surface area contributed by atoms with Crippen molar-refractivity contribution in [2.75, 3.05) is 21.1 Å². The van der Waals surface area contributed by atoms with Crippen LogP contribution in [0, 0.1) is 0 Å². The van der Waals surface area contributed by atoms with Gasteiger partial charge in [-0.25, -0.2) is 0 Å². The number of nitrogens with one attached hydrogen (secondary N) is 1. The maximum atomic E-state index is 4.33. The van der Waals surface area contributed by atoms with E-state index in [2.05, 4.69) is 42.7 Å².